The second-order valence-corrected chi connectivity index (χ2v) is 7.26. The maximum absolute atomic E-state index is 12.3. The van der Waals surface area contributed by atoms with Crippen molar-refractivity contribution in [2.75, 3.05) is 19.7 Å². The molecule has 28 heavy (non-hydrogen) atoms. The highest BCUT2D eigenvalue weighted by molar-refractivity contribution is 5.92. The predicted octanol–water partition coefficient (Wildman–Crippen LogP) is 4.27. The third-order valence-electron chi connectivity index (χ3n) is 4.98. The number of ether oxygens (including phenoxy) is 1. The van der Waals surface area contributed by atoms with Crippen LogP contribution < -0.4 is 10.1 Å². The van der Waals surface area contributed by atoms with E-state index in [0.717, 1.165) is 50.2 Å². The molecule has 2 aromatic carbocycles. The van der Waals surface area contributed by atoms with E-state index in [-0.39, 0.29) is 11.9 Å². The molecule has 0 aromatic heterocycles. The number of amides is 1. The van der Waals surface area contributed by atoms with Gasteiger partial charge in [-0.1, -0.05) is 55.5 Å². The van der Waals surface area contributed by atoms with Gasteiger partial charge in [-0.25, -0.2) is 0 Å². The Labute approximate surface area is 168 Å². The van der Waals surface area contributed by atoms with Crippen molar-refractivity contribution in [3.8, 4) is 5.75 Å². The summed E-state index contributed by atoms with van der Waals surface area (Å²) in [6.07, 6.45) is 6.39. The van der Waals surface area contributed by atoms with Crippen LogP contribution in [-0.4, -0.2) is 36.5 Å². The van der Waals surface area contributed by atoms with Gasteiger partial charge in [-0.3, -0.25) is 9.69 Å². The first-order chi connectivity index (χ1) is 13.7. The van der Waals surface area contributed by atoms with Gasteiger partial charge in [-0.05, 0) is 37.0 Å². The summed E-state index contributed by atoms with van der Waals surface area (Å²) in [5.74, 6) is 0.787. The van der Waals surface area contributed by atoms with Crippen molar-refractivity contribution in [3.05, 3.63) is 71.8 Å². The largest absolute Gasteiger partial charge is 0.493 e. The minimum Gasteiger partial charge on any atom is -0.493 e. The molecule has 0 saturated carbocycles. The van der Waals surface area contributed by atoms with Crippen LogP contribution in [0.15, 0.2) is 60.7 Å². The lowest BCUT2D eigenvalue weighted by molar-refractivity contribution is -0.117. The Kier molecular flexibility index (Phi) is 7.68. The Balaban J connectivity index is 1.45. The van der Waals surface area contributed by atoms with Gasteiger partial charge in [0.25, 0.3) is 0 Å². The number of rotatable bonds is 8. The fourth-order valence-electron chi connectivity index (χ4n) is 3.45. The summed E-state index contributed by atoms with van der Waals surface area (Å²) >= 11 is 0. The summed E-state index contributed by atoms with van der Waals surface area (Å²) in [5.41, 5.74) is 2.28. The third kappa shape index (κ3) is 6.24. The van der Waals surface area contributed by atoms with Gasteiger partial charge in [0.05, 0.1) is 6.61 Å². The van der Waals surface area contributed by atoms with Gasteiger partial charge in [-0.15, -0.1) is 0 Å². The molecular formula is C24H30N2O2. The molecule has 1 saturated heterocycles. The minimum atomic E-state index is -0.0354. The smallest absolute Gasteiger partial charge is 0.244 e. The number of carbonyl (C=O) groups is 1. The summed E-state index contributed by atoms with van der Waals surface area (Å²) in [6.45, 7) is 5.76. The zero-order chi connectivity index (χ0) is 19.6. The lowest BCUT2D eigenvalue weighted by Crippen LogP contribution is -2.43. The second-order valence-electron chi connectivity index (χ2n) is 7.26. The van der Waals surface area contributed by atoms with Gasteiger partial charge in [0.15, 0.2) is 0 Å². The molecule has 0 bridgehead atoms. The van der Waals surface area contributed by atoms with Crippen molar-refractivity contribution in [1.82, 2.24) is 10.2 Å². The molecule has 1 heterocycles. The number of nitrogens with zero attached hydrogens (tertiary/aromatic N) is 1. The predicted molar refractivity (Wildman–Crippen MR) is 114 cm³/mol. The highest BCUT2D eigenvalue weighted by Crippen LogP contribution is 2.20. The molecule has 148 valence electrons. The zero-order valence-corrected chi connectivity index (χ0v) is 16.6. The van der Waals surface area contributed by atoms with Crippen LogP contribution in [0.1, 0.15) is 37.3 Å². The van der Waals surface area contributed by atoms with E-state index in [4.69, 9.17) is 4.74 Å². The molecular weight excluding hydrogens is 348 g/mol. The molecule has 1 amide bonds. The highest BCUT2D eigenvalue weighted by Gasteiger charge is 2.20. The summed E-state index contributed by atoms with van der Waals surface area (Å²) in [4.78, 5) is 14.8. The number of hydrogen-bond donors (Lipinski definition) is 1. The lowest BCUT2D eigenvalue weighted by Gasteiger charge is -2.32. The molecule has 1 N–H and O–H groups in total. The van der Waals surface area contributed by atoms with Crippen LogP contribution in [0.25, 0.3) is 6.08 Å². The summed E-state index contributed by atoms with van der Waals surface area (Å²) < 4.78 is 5.74. The Morgan fingerprint density at radius 3 is 2.57 bits per heavy atom. The molecule has 0 atom stereocenters. The number of hydrogen-bond acceptors (Lipinski definition) is 3. The molecule has 0 radical (unpaired) electrons. The Bertz CT molecular complexity index is 765. The third-order valence-corrected chi connectivity index (χ3v) is 4.98. The first-order valence-corrected chi connectivity index (χ1v) is 10.2. The van der Waals surface area contributed by atoms with Gasteiger partial charge in [0, 0.05) is 37.3 Å². The molecule has 1 fully saturated rings. The Morgan fingerprint density at radius 2 is 1.82 bits per heavy atom. The van der Waals surface area contributed by atoms with Crippen LogP contribution >= 0.6 is 0 Å². The molecule has 2 aromatic rings. The molecule has 1 aliphatic rings. The average Bonchev–Trinajstić information content (AvgIpc) is 2.73. The molecule has 4 nitrogen and oxygen atoms in total. The maximum atomic E-state index is 12.3. The van der Waals surface area contributed by atoms with E-state index in [2.05, 4.69) is 41.4 Å². The van der Waals surface area contributed by atoms with Gasteiger partial charge < -0.3 is 10.1 Å². The van der Waals surface area contributed by atoms with Gasteiger partial charge in [-0.2, -0.15) is 0 Å². The van der Waals surface area contributed by atoms with Crippen LogP contribution in [-0.2, 0) is 11.3 Å². The van der Waals surface area contributed by atoms with Crippen molar-refractivity contribution in [2.24, 2.45) is 0 Å². The molecule has 3 rings (SSSR count). The monoisotopic (exact) mass is 378 g/mol. The molecule has 0 spiro atoms. The fourth-order valence-corrected chi connectivity index (χ4v) is 3.45. The number of nitrogens with one attached hydrogen (secondary N) is 1. The summed E-state index contributed by atoms with van der Waals surface area (Å²) in [5, 5.41) is 3.14. The number of carbonyl (C=O) groups excluding carboxylic acids is 1. The first-order valence-electron chi connectivity index (χ1n) is 10.2. The van der Waals surface area contributed by atoms with E-state index in [1.807, 2.05) is 36.4 Å². The van der Waals surface area contributed by atoms with E-state index in [1.165, 1.54) is 5.56 Å². The standard InChI is InChI=1S/C24H30N2O2/c1-2-18-28-23-11-7-6-10-21(23)12-13-24(27)25-22-14-16-26(17-15-22)19-20-8-4-3-5-9-20/h3-13,22H,2,14-19H2,1H3,(H,25,27)/b13-12+. The Hall–Kier alpha value is -2.59. The zero-order valence-electron chi connectivity index (χ0n) is 16.6. The van der Waals surface area contributed by atoms with Crippen LogP contribution in [0.4, 0.5) is 0 Å². The number of likely N-dealkylation sites (tertiary alicyclic amines) is 1. The van der Waals surface area contributed by atoms with E-state index in [9.17, 15) is 4.79 Å². The van der Waals surface area contributed by atoms with Crippen molar-refractivity contribution in [3.63, 3.8) is 0 Å². The lowest BCUT2D eigenvalue weighted by atomic mass is 10.0. The maximum Gasteiger partial charge on any atom is 0.244 e. The van der Waals surface area contributed by atoms with Crippen molar-refractivity contribution >= 4 is 12.0 Å². The first kappa shape index (κ1) is 20.2. The van der Waals surface area contributed by atoms with E-state index < -0.39 is 0 Å². The quantitative estimate of drug-likeness (QED) is 0.698. The normalized spacial score (nSPS) is 15.6. The average molecular weight is 379 g/mol. The van der Waals surface area contributed by atoms with E-state index >= 15 is 0 Å². The van der Waals surface area contributed by atoms with E-state index in [0.29, 0.717) is 6.61 Å². The van der Waals surface area contributed by atoms with E-state index in [1.54, 1.807) is 6.08 Å². The van der Waals surface area contributed by atoms with Crippen LogP contribution in [0.2, 0.25) is 0 Å². The number of para-hydroxylation sites is 1. The second kappa shape index (κ2) is 10.7. The van der Waals surface area contributed by atoms with Gasteiger partial charge in [0.2, 0.25) is 5.91 Å². The van der Waals surface area contributed by atoms with Gasteiger partial charge >= 0.3 is 0 Å². The van der Waals surface area contributed by atoms with Crippen LogP contribution in [0.5, 0.6) is 5.75 Å². The summed E-state index contributed by atoms with van der Waals surface area (Å²) in [6, 6.07) is 18.6. The SMILES string of the molecule is CCCOc1ccccc1/C=C/C(=O)NC1CCN(Cc2ccccc2)CC1. The Morgan fingerprint density at radius 1 is 1.11 bits per heavy atom. The minimum absolute atomic E-state index is 0.0354. The van der Waals surface area contributed by atoms with Crippen LogP contribution in [0.3, 0.4) is 0 Å². The summed E-state index contributed by atoms with van der Waals surface area (Å²) in [7, 11) is 0. The van der Waals surface area contributed by atoms with Crippen molar-refractivity contribution in [1.29, 1.82) is 0 Å². The van der Waals surface area contributed by atoms with Gasteiger partial charge in [0.1, 0.15) is 5.75 Å². The number of piperidine rings is 1. The molecule has 0 unspecified atom stereocenters. The highest BCUT2D eigenvalue weighted by atomic mass is 16.5. The van der Waals surface area contributed by atoms with Crippen LogP contribution in [0, 0.1) is 0 Å². The fraction of sp³-hybridized carbons (Fsp3) is 0.375. The number of benzene rings is 2. The molecule has 1 aliphatic heterocycles. The molecule has 4 heteroatoms. The van der Waals surface area contributed by atoms with Crippen molar-refractivity contribution < 1.29 is 9.53 Å². The van der Waals surface area contributed by atoms with Crippen molar-refractivity contribution in [2.45, 2.75) is 38.8 Å². The molecule has 0 aliphatic carbocycles. The topological polar surface area (TPSA) is 41.6 Å².